The van der Waals surface area contributed by atoms with E-state index in [1.165, 1.54) is 0 Å². The third-order valence-electron chi connectivity index (χ3n) is 11.3. The Morgan fingerprint density at radius 2 is 0.667 bits per heavy atom. The SMILES string of the molecule is [2H]c1c([2H])c([2H])c2c(sc3c([2H])c(N(c4ccc(-c5ccccc5)cc4)c4cccc(-c5cccc(N(c6ccc(-c7ccccc7)cc6)c6ccc(-c7ccccc7)cc6)c5)c4)c([2H])c([2H])c32)c1[2H]. The zero-order valence-electron chi connectivity index (χ0n) is 41.0. The van der Waals surface area contributed by atoms with Crippen LogP contribution in [0.15, 0.2) is 255 Å². The first-order valence-corrected chi connectivity index (χ1v) is 21.7. The summed E-state index contributed by atoms with van der Waals surface area (Å²) in [5.74, 6) is 0. The molecular weight excluding hydrogens is 781 g/mol. The summed E-state index contributed by atoms with van der Waals surface area (Å²) in [6, 6.07) is 70.5. The van der Waals surface area contributed by atoms with Gasteiger partial charge >= 0.3 is 0 Å². The van der Waals surface area contributed by atoms with Crippen LogP contribution in [0.25, 0.3) is 64.7 Å². The highest BCUT2D eigenvalue weighted by Crippen LogP contribution is 2.43. The fraction of sp³-hybridized carbons (Fsp3) is 0. The highest BCUT2D eigenvalue weighted by molar-refractivity contribution is 7.25. The molecule has 0 aliphatic rings. The fourth-order valence-electron chi connectivity index (χ4n) is 8.20. The maximum absolute atomic E-state index is 9.79. The van der Waals surface area contributed by atoms with Gasteiger partial charge in [0.1, 0.15) is 0 Å². The highest BCUT2D eigenvalue weighted by Gasteiger charge is 2.18. The quantitative estimate of drug-likeness (QED) is 0.135. The predicted molar refractivity (Wildman–Crippen MR) is 270 cm³/mol. The van der Waals surface area contributed by atoms with Crippen molar-refractivity contribution >= 4 is 65.6 Å². The van der Waals surface area contributed by atoms with Crippen molar-refractivity contribution in [1.29, 1.82) is 0 Å². The molecule has 11 aromatic rings. The molecule has 0 atom stereocenters. The number of rotatable bonds is 10. The van der Waals surface area contributed by atoms with Gasteiger partial charge in [0.15, 0.2) is 0 Å². The Bertz CT molecular complexity index is 3630. The van der Waals surface area contributed by atoms with E-state index in [2.05, 4.69) is 102 Å². The van der Waals surface area contributed by atoms with Crippen molar-refractivity contribution in [2.75, 3.05) is 9.80 Å². The second-order valence-electron chi connectivity index (χ2n) is 15.2. The first-order chi connectivity index (χ1) is 34.1. The largest absolute Gasteiger partial charge is 0.310 e. The number of thiophene rings is 1. The third-order valence-corrected chi connectivity index (χ3v) is 12.4. The highest BCUT2D eigenvalue weighted by atomic mass is 32.1. The van der Waals surface area contributed by atoms with E-state index in [9.17, 15) is 4.11 Å². The summed E-state index contributed by atoms with van der Waals surface area (Å²) in [4.78, 5) is 4.10. The minimum absolute atomic E-state index is 0.0409. The molecule has 0 spiro atoms. The first kappa shape index (κ1) is 31.0. The molecule has 0 fully saturated rings. The van der Waals surface area contributed by atoms with Gasteiger partial charge in [0.2, 0.25) is 0 Å². The Morgan fingerprint density at radius 1 is 0.286 bits per heavy atom. The Kier molecular flexibility index (Phi) is 8.26. The summed E-state index contributed by atoms with van der Waals surface area (Å²) in [6.07, 6.45) is 0. The number of fused-ring (bicyclic) bond motifs is 3. The summed E-state index contributed by atoms with van der Waals surface area (Å²) < 4.78 is 63.7. The van der Waals surface area contributed by atoms with E-state index >= 15 is 0 Å². The second kappa shape index (κ2) is 16.8. The van der Waals surface area contributed by atoms with Crippen molar-refractivity contribution in [3.05, 3.63) is 255 Å². The van der Waals surface area contributed by atoms with Crippen LogP contribution in [-0.4, -0.2) is 0 Å². The average molecular weight is 830 g/mol. The van der Waals surface area contributed by atoms with Gasteiger partial charge < -0.3 is 9.80 Å². The van der Waals surface area contributed by atoms with Crippen LogP contribution in [0.2, 0.25) is 0 Å². The van der Waals surface area contributed by atoms with E-state index < -0.39 is 6.04 Å². The molecule has 0 N–H and O–H groups in total. The first-order valence-electron chi connectivity index (χ1n) is 24.3. The van der Waals surface area contributed by atoms with Gasteiger partial charge in [-0.25, -0.2) is 0 Å². The number of anilines is 6. The van der Waals surface area contributed by atoms with E-state index in [0.717, 1.165) is 72.9 Å². The zero-order valence-corrected chi connectivity index (χ0v) is 34.8. The van der Waals surface area contributed by atoms with Crippen LogP contribution in [0.4, 0.5) is 34.1 Å². The third kappa shape index (κ3) is 7.67. The minimum Gasteiger partial charge on any atom is -0.310 e. The fourth-order valence-corrected chi connectivity index (χ4v) is 9.17. The Balaban J connectivity index is 1.05. The molecule has 0 amide bonds. The summed E-state index contributed by atoms with van der Waals surface area (Å²) in [7, 11) is 0. The zero-order chi connectivity index (χ0) is 48.0. The van der Waals surface area contributed by atoms with Gasteiger partial charge in [0.25, 0.3) is 0 Å². The van der Waals surface area contributed by atoms with Gasteiger partial charge in [-0.3, -0.25) is 0 Å². The van der Waals surface area contributed by atoms with Crippen LogP contribution < -0.4 is 9.80 Å². The lowest BCUT2D eigenvalue weighted by Crippen LogP contribution is -2.10. The van der Waals surface area contributed by atoms with E-state index in [1.807, 2.05) is 120 Å². The van der Waals surface area contributed by atoms with Gasteiger partial charge in [0.05, 0.1) is 9.60 Å². The standard InChI is InChI=1S/C60H42N2S/c1-4-14-43(15-5-1)46-26-32-51(33-27-46)61(52-34-28-47(29-35-52)44-16-6-2-7-17-44)54-22-12-20-49(40-54)50-21-13-23-55(41-50)62(53-36-30-48(31-37-53)45-18-8-3-9-19-45)56-38-39-58-57-24-10-11-25-59(57)63-60(58)42-56/h1-42H/i10D,11D,24D,25D,38D,39D,42D. The topological polar surface area (TPSA) is 6.48 Å². The molecule has 0 unspecified atom stereocenters. The molecule has 3 heteroatoms. The monoisotopic (exact) mass is 829 g/mol. The maximum atomic E-state index is 9.79. The Morgan fingerprint density at radius 3 is 1.13 bits per heavy atom. The maximum Gasteiger partial charge on any atom is 0.0660 e. The number of hydrogen-bond donors (Lipinski definition) is 0. The van der Waals surface area contributed by atoms with Crippen molar-refractivity contribution < 1.29 is 9.60 Å². The van der Waals surface area contributed by atoms with Crippen LogP contribution in [0.5, 0.6) is 0 Å². The minimum atomic E-state index is -0.412. The lowest BCUT2D eigenvalue weighted by atomic mass is 10.0. The van der Waals surface area contributed by atoms with Crippen LogP contribution in [-0.2, 0) is 0 Å². The number of hydrogen-bond acceptors (Lipinski definition) is 3. The smallest absolute Gasteiger partial charge is 0.0660 e. The second-order valence-corrected chi connectivity index (χ2v) is 16.3. The molecule has 11 rings (SSSR count). The van der Waals surface area contributed by atoms with Crippen LogP contribution in [0.3, 0.4) is 0 Å². The molecule has 1 heterocycles. The lowest BCUT2D eigenvalue weighted by molar-refractivity contribution is 1.28. The molecule has 10 aromatic carbocycles. The molecule has 2 nitrogen and oxygen atoms in total. The van der Waals surface area contributed by atoms with E-state index in [0.29, 0.717) is 16.1 Å². The molecule has 63 heavy (non-hydrogen) atoms. The van der Waals surface area contributed by atoms with Crippen LogP contribution in [0.1, 0.15) is 9.60 Å². The van der Waals surface area contributed by atoms with Gasteiger partial charge in [-0.2, -0.15) is 0 Å². The molecular formula is C60H42N2S. The van der Waals surface area contributed by atoms with E-state index in [-0.39, 0.29) is 57.4 Å². The summed E-state index contributed by atoms with van der Waals surface area (Å²) in [5.41, 5.74) is 12.8. The average Bonchev–Trinajstić information content (AvgIpc) is 3.83. The lowest BCUT2D eigenvalue weighted by Gasteiger charge is -2.27. The summed E-state index contributed by atoms with van der Waals surface area (Å²) in [5, 5.41) is 0.350. The van der Waals surface area contributed by atoms with Gasteiger partial charge in [-0.1, -0.05) is 176 Å². The molecule has 0 aliphatic heterocycles. The Labute approximate surface area is 382 Å². The van der Waals surface area contributed by atoms with Crippen LogP contribution in [0, 0.1) is 0 Å². The molecule has 1 aromatic heterocycles. The van der Waals surface area contributed by atoms with Crippen LogP contribution >= 0.6 is 11.3 Å². The van der Waals surface area contributed by atoms with Gasteiger partial charge in [0, 0.05) is 54.3 Å². The molecule has 0 saturated carbocycles. The van der Waals surface area contributed by atoms with Crippen molar-refractivity contribution in [3.63, 3.8) is 0 Å². The van der Waals surface area contributed by atoms with Crippen molar-refractivity contribution in [2.45, 2.75) is 0 Å². The van der Waals surface area contributed by atoms with Crippen molar-refractivity contribution in [2.24, 2.45) is 0 Å². The molecule has 298 valence electrons. The van der Waals surface area contributed by atoms with Gasteiger partial charge in [-0.05, 0) is 123 Å². The van der Waals surface area contributed by atoms with Crippen molar-refractivity contribution in [1.82, 2.24) is 0 Å². The number of benzene rings is 10. The van der Waals surface area contributed by atoms with E-state index in [4.69, 9.17) is 5.48 Å². The van der Waals surface area contributed by atoms with E-state index in [1.54, 1.807) is 0 Å². The molecule has 0 aliphatic carbocycles. The normalized spacial score (nSPS) is 12.7. The van der Waals surface area contributed by atoms with Crippen molar-refractivity contribution in [3.8, 4) is 44.5 Å². The predicted octanol–water partition coefficient (Wildman–Crippen LogP) is 17.7. The molecule has 0 bridgehead atoms. The summed E-state index contributed by atoms with van der Waals surface area (Å²) >= 11 is 1.06. The Hall–Kier alpha value is -7.98. The molecule has 0 radical (unpaired) electrons. The van der Waals surface area contributed by atoms with Gasteiger partial charge in [-0.15, -0.1) is 11.3 Å². The number of nitrogens with zero attached hydrogens (tertiary/aromatic N) is 2. The molecule has 0 saturated heterocycles. The summed E-state index contributed by atoms with van der Waals surface area (Å²) in [6.45, 7) is 0.